The number of aliphatic hydroxyl groups is 1. The molecule has 1 saturated heterocycles. The third-order valence-corrected chi connectivity index (χ3v) is 5.60. The van der Waals surface area contributed by atoms with Crippen molar-refractivity contribution < 1.29 is 14.6 Å². The second-order valence-corrected chi connectivity index (χ2v) is 9.53. The number of amides is 1. The first kappa shape index (κ1) is 24.2. The molecule has 2 atom stereocenters. The fraction of sp³-hybridized carbons (Fsp3) is 0.500. The van der Waals surface area contributed by atoms with Gasteiger partial charge in [-0.2, -0.15) is 0 Å². The summed E-state index contributed by atoms with van der Waals surface area (Å²) in [6.07, 6.45) is -0.970. The Kier molecular flexibility index (Phi) is 8.29. The number of aliphatic hydroxyl groups excluding tert-OH is 1. The van der Waals surface area contributed by atoms with Crippen molar-refractivity contribution in [2.75, 3.05) is 26.2 Å². The summed E-state index contributed by atoms with van der Waals surface area (Å²) in [7, 11) is 0. The van der Waals surface area contributed by atoms with E-state index in [0.717, 1.165) is 13.1 Å². The summed E-state index contributed by atoms with van der Waals surface area (Å²) in [5.41, 5.74) is 1.92. The molecule has 2 aromatic carbocycles. The van der Waals surface area contributed by atoms with E-state index >= 15 is 0 Å². The molecule has 1 N–H and O–H groups in total. The monoisotopic (exact) mass is 439 g/mol. The van der Waals surface area contributed by atoms with Crippen molar-refractivity contribution in [1.29, 1.82) is 0 Å². The lowest BCUT2D eigenvalue weighted by Crippen LogP contribution is -2.60. The number of carbonyl (C=O) groups excluding carboxylic acids is 1. The van der Waals surface area contributed by atoms with Crippen LogP contribution in [-0.2, 0) is 17.8 Å². The van der Waals surface area contributed by atoms with Gasteiger partial charge >= 0.3 is 6.09 Å². The largest absolute Gasteiger partial charge is 0.444 e. The van der Waals surface area contributed by atoms with Crippen LogP contribution < -0.4 is 0 Å². The van der Waals surface area contributed by atoms with E-state index in [-0.39, 0.29) is 12.3 Å². The number of nitrogens with zero attached hydrogens (tertiary/aromatic N) is 3. The highest BCUT2D eigenvalue weighted by molar-refractivity contribution is 5.68. The molecular weight excluding hydrogens is 402 g/mol. The maximum absolute atomic E-state index is 12.5. The van der Waals surface area contributed by atoms with Crippen molar-refractivity contribution in [2.45, 2.75) is 58.7 Å². The molecule has 1 heterocycles. The molecule has 32 heavy (non-hydrogen) atoms. The second-order valence-electron chi connectivity index (χ2n) is 9.53. The Balaban J connectivity index is 1.74. The zero-order valence-corrected chi connectivity index (χ0v) is 19.8. The van der Waals surface area contributed by atoms with E-state index < -0.39 is 11.7 Å². The van der Waals surface area contributed by atoms with Gasteiger partial charge in [0.2, 0.25) is 0 Å². The Morgan fingerprint density at radius 1 is 0.938 bits per heavy atom. The molecule has 0 aliphatic carbocycles. The van der Waals surface area contributed by atoms with E-state index in [2.05, 4.69) is 34.1 Å². The average molecular weight is 440 g/mol. The molecule has 1 unspecified atom stereocenters. The summed E-state index contributed by atoms with van der Waals surface area (Å²) in [4.78, 5) is 18.9. The van der Waals surface area contributed by atoms with Crippen LogP contribution in [-0.4, -0.2) is 69.9 Å². The maximum atomic E-state index is 12.5. The van der Waals surface area contributed by atoms with Crippen LogP contribution in [0.2, 0.25) is 0 Å². The van der Waals surface area contributed by atoms with Gasteiger partial charge in [-0.25, -0.2) is 4.79 Å². The van der Waals surface area contributed by atoms with Crippen LogP contribution in [0.4, 0.5) is 4.79 Å². The molecule has 0 radical (unpaired) electrons. The molecule has 6 heteroatoms. The second kappa shape index (κ2) is 10.9. The predicted molar refractivity (Wildman–Crippen MR) is 127 cm³/mol. The average Bonchev–Trinajstić information content (AvgIpc) is 2.74. The standard InChI is InChI=1S/C26H37N3O3/c1-21(30)24(27-15-17-28(18-16-27)25(31)32-26(2,3)4)29(19-22-11-7-5-8-12-22)20-23-13-9-6-10-14-23/h5-14,21,24,30H,15-20H2,1-4H3/t21-,24?/m0/s1. The Morgan fingerprint density at radius 3 is 1.81 bits per heavy atom. The molecule has 2 aromatic rings. The van der Waals surface area contributed by atoms with Gasteiger partial charge in [-0.15, -0.1) is 0 Å². The summed E-state index contributed by atoms with van der Waals surface area (Å²) < 4.78 is 5.53. The van der Waals surface area contributed by atoms with Crippen LogP contribution in [0, 0.1) is 0 Å². The Bertz CT molecular complexity index is 787. The minimum Gasteiger partial charge on any atom is -0.444 e. The summed E-state index contributed by atoms with van der Waals surface area (Å²) in [6.45, 7) is 11.5. The van der Waals surface area contributed by atoms with E-state index in [4.69, 9.17) is 4.74 Å². The summed E-state index contributed by atoms with van der Waals surface area (Å²) in [6, 6.07) is 20.7. The van der Waals surface area contributed by atoms with E-state index in [0.29, 0.717) is 26.2 Å². The molecular formula is C26H37N3O3. The highest BCUT2D eigenvalue weighted by Gasteiger charge is 2.34. The number of hydrogen-bond acceptors (Lipinski definition) is 5. The number of rotatable bonds is 7. The third kappa shape index (κ3) is 7.05. The van der Waals surface area contributed by atoms with Crippen LogP contribution in [0.3, 0.4) is 0 Å². The van der Waals surface area contributed by atoms with Crippen LogP contribution in [0.15, 0.2) is 60.7 Å². The van der Waals surface area contributed by atoms with Crippen molar-refractivity contribution in [3.8, 4) is 0 Å². The van der Waals surface area contributed by atoms with Crippen LogP contribution in [0.1, 0.15) is 38.8 Å². The van der Waals surface area contributed by atoms with Gasteiger partial charge in [-0.3, -0.25) is 9.80 Å². The Morgan fingerprint density at radius 2 is 1.41 bits per heavy atom. The molecule has 1 amide bonds. The van der Waals surface area contributed by atoms with Crippen molar-refractivity contribution in [3.63, 3.8) is 0 Å². The van der Waals surface area contributed by atoms with Crippen molar-refractivity contribution in [2.24, 2.45) is 0 Å². The zero-order valence-electron chi connectivity index (χ0n) is 19.8. The molecule has 0 saturated carbocycles. The van der Waals surface area contributed by atoms with Crippen molar-refractivity contribution in [1.82, 2.24) is 14.7 Å². The van der Waals surface area contributed by atoms with Gasteiger partial charge in [-0.1, -0.05) is 60.7 Å². The fourth-order valence-corrected chi connectivity index (χ4v) is 4.22. The summed E-state index contributed by atoms with van der Waals surface area (Å²) >= 11 is 0. The molecule has 174 valence electrons. The molecule has 1 aliphatic heterocycles. The number of hydrogen-bond donors (Lipinski definition) is 1. The minimum atomic E-state index is -0.546. The quantitative estimate of drug-likeness (QED) is 0.708. The van der Waals surface area contributed by atoms with Gasteiger partial charge in [0.05, 0.1) is 12.3 Å². The zero-order chi connectivity index (χ0) is 23.1. The topological polar surface area (TPSA) is 56.3 Å². The van der Waals surface area contributed by atoms with Crippen LogP contribution in [0.25, 0.3) is 0 Å². The van der Waals surface area contributed by atoms with E-state index in [9.17, 15) is 9.90 Å². The SMILES string of the molecule is C[C@H](O)C(N1CCN(C(=O)OC(C)(C)C)CC1)N(Cc1ccccc1)Cc1ccccc1. The van der Waals surface area contributed by atoms with Gasteiger partial charge in [-0.05, 0) is 38.8 Å². The molecule has 0 aromatic heterocycles. The lowest BCUT2D eigenvalue weighted by Gasteiger charge is -2.45. The van der Waals surface area contributed by atoms with E-state index in [1.807, 2.05) is 64.1 Å². The van der Waals surface area contributed by atoms with Crippen molar-refractivity contribution >= 4 is 6.09 Å². The van der Waals surface area contributed by atoms with Crippen LogP contribution >= 0.6 is 0 Å². The highest BCUT2D eigenvalue weighted by Crippen LogP contribution is 2.21. The maximum Gasteiger partial charge on any atom is 0.410 e. The van der Waals surface area contributed by atoms with Gasteiger partial charge in [0.15, 0.2) is 0 Å². The molecule has 6 nitrogen and oxygen atoms in total. The van der Waals surface area contributed by atoms with Gasteiger partial charge in [0.25, 0.3) is 0 Å². The smallest absolute Gasteiger partial charge is 0.410 e. The van der Waals surface area contributed by atoms with E-state index in [1.165, 1.54) is 11.1 Å². The van der Waals surface area contributed by atoms with Gasteiger partial charge < -0.3 is 14.7 Å². The first-order chi connectivity index (χ1) is 15.2. The third-order valence-electron chi connectivity index (χ3n) is 5.60. The number of carbonyl (C=O) groups is 1. The lowest BCUT2D eigenvalue weighted by molar-refractivity contribution is -0.0665. The first-order valence-electron chi connectivity index (χ1n) is 11.4. The normalized spacial score (nSPS) is 17.2. The van der Waals surface area contributed by atoms with Crippen LogP contribution in [0.5, 0.6) is 0 Å². The minimum absolute atomic E-state index is 0.156. The fourth-order valence-electron chi connectivity index (χ4n) is 4.22. The van der Waals surface area contributed by atoms with E-state index in [1.54, 1.807) is 4.90 Å². The number of benzene rings is 2. The van der Waals surface area contributed by atoms with Gasteiger partial charge in [0.1, 0.15) is 5.60 Å². The molecule has 0 bridgehead atoms. The van der Waals surface area contributed by atoms with Gasteiger partial charge in [0, 0.05) is 39.3 Å². The Labute approximate surface area is 192 Å². The predicted octanol–water partition coefficient (Wildman–Crippen LogP) is 3.95. The first-order valence-corrected chi connectivity index (χ1v) is 11.4. The Hall–Kier alpha value is -2.41. The molecule has 1 fully saturated rings. The summed E-state index contributed by atoms with van der Waals surface area (Å²) in [5.74, 6) is 0. The summed E-state index contributed by atoms with van der Waals surface area (Å²) in [5, 5.41) is 10.8. The number of piperazine rings is 1. The number of ether oxygens (including phenoxy) is 1. The molecule has 1 aliphatic rings. The van der Waals surface area contributed by atoms with Crippen molar-refractivity contribution in [3.05, 3.63) is 71.8 Å². The molecule has 0 spiro atoms. The highest BCUT2D eigenvalue weighted by atomic mass is 16.6. The molecule has 3 rings (SSSR count). The lowest BCUT2D eigenvalue weighted by atomic mass is 10.1.